The van der Waals surface area contributed by atoms with E-state index in [1.165, 1.54) is 11.3 Å². The van der Waals surface area contributed by atoms with Gasteiger partial charge in [-0.25, -0.2) is 0 Å². The molecule has 0 aromatic carbocycles. The summed E-state index contributed by atoms with van der Waals surface area (Å²) in [6.07, 6.45) is 1.89. The lowest BCUT2D eigenvalue weighted by atomic mass is 10.1. The first kappa shape index (κ1) is 15.1. The number of halogens is 1. The first-order chi connectivity index (χ1) is 10.6. The number of aliphatic carboxylic acids is 1. The number of carboxylic acid groups (broad SMARTS) is 1. The highest BCUT2D eigenvalue weighted by molar-refractivity contribution is 7.10. The number of hydrogen-bond donors (Lipinski definition) is 3. The highest BCUT2D eigenvalue weighted by Crippen LogP contribution is 2.42. The standard InChI is InChI=1S/C14H14ClN3O3S/c15-11-12(7-3-4-7)17-18-13(11)14(21)16-8(6-10(19)20)9-2-1-5-22-9/h1-2,5,7-8H,3-4,6H2,(H,16,21)(H,17,18)(H,19,20)/t8-/m1/s1. The number of H-pyrrole nitrogens is 1. The summed E-state index contributed by atoms with van der Waals surface area (Å²) in [5, 5.41) is 20.7. The van der Waals surface area contributed by atoms with Crippen molar-refractivity contribution in [3.8, 4) is 0 Å². The molecule has 0 saturated heterocycles. The molecule has 116 valence electrons. The molecule has 3 N–H and O–H groups in total. The number of rotatable bonds is 6. The van der Waals surface area contributed by atoms with E-state index in [-0.39, 0.29) is 12.1 Å². The minimum Gasteiger partial charge on any atom is -0.481 e. The number of nitrogens with zero attached hydrogens (tertiary/aromatic N) is 1. The van der Waals surface area contributed by atoms with Gasteiger partial charge in [-0.2, -0.15) is 5.10 Å². The maximum absolute atomic E-state index is 12.3. The van der Waals surface area contributed by atoms with Crippen LogP contribution in [0.5, 0.6) is 0 Å². The first-order valence-corrected chi connectivity index (χ1v) is 8.12. The zero-order chi connectivity index (χ0) is 15.7. The third-order valence-corrected chi connectivity index (χ3v) is 4.87. The number of thiophene rings is 1. The highest BCUT2D eigenvalue weighted by atomic mass is 35.5. The SMILES string of the molecule is O=C(O)C[C@@H](NC(=O)c1n[nH]c(C2CC2)c1Cl)c1cccs1. The summed E-state index contributed by atoms with van der Waals surface area (Å²) in [4.78, 5) is 24.1. The third kappa shape index (κ3) is 3.15. The van der Waals surface area contributed by atoms with Crippen molar-refractivity contribution in [2.24, 2.45) is 0 Å². The van der Waals surface area contributed by atoms with Gasteiger partial charge in [0.2, 0.25) is 0 Å². The summed E-state index contributed by atoms with van der Waals surface area (Å²) in [5.41, 5.74) is 0.910. The molecule has 1 atom stereocenters. The lowest BCUT2D eigenvalue weighted by molar-refractivity contribution is -0.137. The maximum Gasteiger partial charge on any atom is 0.305 e. The fraction of sp³-hybridized carbons (Fsp3) is 0.357. The van der Waals surface area contributed by atoms with E-state index in [1.807, 2.05) is 11.4 Å². The number of carboxylic acids is 1. The number of amides is 1. The Balaban J connectivity index is 1.77. The molecule has 1 amide bonds. The predicted octanol–water partition coefficient (Wildman–Crippen LogP) is 2.95. The number of aromatic amines is 1. The topological polar surface area (TPSA) is 95.1 Å². The van der Waals surface area contributed by atoms with Gasteiger partial charge in [0, 0.05) is 10.8 Å². The fourth-order valence-corrected chi connectivity index (χ4v) is 3.35. The average molecular weight is 340 g/mol. The van der Waals surface area contributed by atoms with E-state index in [1.54, 1.807) is 6.07 Å². The molecule has 6 nitrogen and oxygen atoms in total. The Labute approximate surface area is 135 Å². The molecular formula is C14H14ClN3O3S. The summed E-state index contributed by atoms with van der Waals surface area (Å²) in [6, 6.07) is 3.01. The molecule has 0 radical (unpaired) electrons. The number of aromatic nitrogens is 2. The van der Waals surface area contributed by atoms with Gasteiger partial charge in [-0.3, -0.25) is 14.7 Å². The van der Waals surface area contributed by atoms with Crippen LogP contribution in [-0.4, -0.2) is 27.2 Å². The van der Waals surface area contributed by atoms with Gasteiger partial charge in [-0.1, -0.05) is 17.7 Å². The van der Waals surface area contributed by atoms with E-state index in [0.29, 0.717) is 10.9 Å². The molecule has 1 aliphatic carbocycles. The van der Waals surface area contributed by atoms with Crippen LogP contribution in [0.25, 0.3) is 0 Å². The lowest BCUT2D eigenvalue weighted by Crippen LogP contribution is -2.30. The Morgan fingerprint density at radius 3 is 2.91 bits per heavy atom. The van der Waals surface area contributed by atoms with Crippen LogP contribution < -0.4 is 5.32 Å². The summed E-state index contributed by atoms with van der Waals surface area (Å²) >= 11 is 7.60. The van der Waals surface area contributed by atoms with Crippen molar-refractivity contribution in [2.75, 3.05) is 0 Å². The molecule has 0 bridgehead atoms. The van der Waals surface area contributed by atoms with Gasteiger partial charge in [0.05, 0.1) is 23.2 Å². The Morgan fingerprint density at radius 1 is 1.55 bits per heavy atom. The number of hydrogen-bond acceptors (Lipinski definition) is 4. The number of nitrogens with one attached hydrogen (secondary N) is 2. The van der Waals surface area contributed by atoms with Crippen molar-refractivity contribution in [1.82, 2.24) is 15.5 Å². The average Bonchev–Trinajstić information content (AvgIpc) is 3.00. The monoisotopic (exact) mass is 339 g/mol. The molecule has 2 heterocycles. The second-order valence-corrected chi connectivity index (χ2v) is 6.57. The van der Waals surface area contributed by atoms with Gasteiger partial charge >= 0.3 is 5.97 Å². The van der Waals surface area contributed by atoms with Crippen LogP contribution in [0.2, 0.25) is 5.02 Å². The minimum absolute atomic E-state index is 0.121. The number of carbonyl (C=O) groups excluding carboxylic acids is 1. The van der Waals surface area contributed by atoms with Gasteiger partial charge in [-0.15, -0.1) is 11.3 Å². The summed E-state index contributed by atoms with van der Waals surface area (Å²) in [5.74, 6) is -1.09. The third-order valence-electron chi connectivity index (χ3n) is 3.50. The zero-order valence-corrected chi connectivity index (χ0v) is 13.1. The van der Waals surface area contributed by atoms with Crippen molar-refractivity contribution in [2.45, 2.75) is 31.2 Å². The molecule has 0 spiro atoms. The van der Waals surface area contributed by atoms with Crippen LogP contribution >= 0.6 is 22.9 Å². The molecule has 2 aromatic rings. The van der Waals surface area contributed by atoms with E-state index in [0.717, 1.165) is 23.4 Å². The molecule has 1 saturated carbocycles. The van der Waals surface area contributed by atoms with Gasteiger partial charge in [0.15, 0.2) is 5.69 Å². The first-order valence-electron chi connectivity index (χ1n) is 6.86. The van der Waals surface area contributed by atoms with E-state index in [9.17, 15) is 9.59 Å². The molecule has 0 aliphatic heterocycles. The normalized spacial score (nSPS) is 15.5. The zero-order valence-electron chi connectivity index (χ0n) is 11.5. The van der Waals surface area contributed by atoms with Gasteiger partial charge < -0.3 is 10.4 Å². The van der Waals surface area contributed by atoms with Gasteiger partial charge in [0.1, 0.15) is 0 Å². The van der Waals surface area contributed by atoms with E-state index in [2.05, 4.69) is 15.5 Å². The van der Waals surface area contributed by atoms with Crippen LogP contribution in [0.4, 0.5) is 0 Å². The molecular weight excluding hydrogens is 326 g/mol. The van der Waals surface area contributed by atoms with Gasteiger partial charge in [-0.05, 0) is 24.3 Å². The van der Waals surface area contributed by atoms with Crippen LogP contribution in [0.15, 0.2) is 17.5 Å². The second kappa shape index (κ2) is 6.10. The van der Waals surface area contributed by atoms with Crippen LogP contribution in [0.1, 0.15) is 52.3 Å². The van der Waals surface area contributed by atoms with Crippen molar-refractivity contribution < 1.29 is 14.7 Å². The summed E-state index contributed by atoms with van der Waals surface area (Å²) < 4.78 is 0. The molecule has 3 rings (SSSR count). The largest absolute Gasteiger partial charge is 0.481 e. The molecule has 22 heavy (non-hydrogen) atoms. The quantitative estimate of drug-likeness (QED) is 0.754. The molecule has 8 heteroatoms. The lowest BCUT2D eigenvalue weighted by Gasteiger charge is -2.14. The molecule has 2 aromatic heterocycles. The van der Waals surface area contributed by atoms with E-state index in [4.69, 9.17) is 16.7 Å². The van der Waals surface area contributed by atoms with Crippen molar-refractivity contribution >= 4 is 34.8 Å². The van der Waals surface area contributed by atoms with Crippen LogP contribution in [0.3, 0.4) is 0 Å². The number of carbonyl (C=O) groups is 2. The Morgan fingerprint density at radius 2 is 2.32 bits per heavy atom. The molecule has 1 fully saturated rings. The van der Waals surface area contributed by atoms with E-state index >= 15 is 0 Å². The highest BCUT2D eigenvalue weighted by Gasteiger charge is 2.31. The minimum atomic E-state index is -0.981. The van der Waals surface area contributed by atoms with Crippen molar-refractivity contribution in [3.63, 3.8) is 0 Å². The van der Waals surface area contributed by atoms with E-state index < -0.39 is 17.9 Å². The Hall–Kier alpha value is -1.86. The molecule has 0 unspecified atom stereocenters. The maximum atomic E-state index is 12.3. The van der Waals surface area contributed by atoms with Crippen molar-refractivity contribution in [3.05, 3.63) is 38.8 Å². The summed E-state index contributed by atoms with van der Waals surface area (Å²) in [7, 11) is 0. The summed E-state index contributed by atoms with van der Waals surface area (Å²) in [6.45, 7) is 0. The molecule has 1 aliphatic rings. The Kier molecular flexibility index (Phi) is 4.17. The second-order valence-electron chi connectivity index (χ2n) is 5.21. The van der Waals surface area contributed by atoms with Crippen molar-refractivity contribution in [1.29, 1.82) is 0 Å². The predicted molar refractivity (Wildman–Crippen MR) is 82.4 cm³/mol. The van der Waals surface area contributed by atoms with Gasteiger partial charge in [0.25, 0.3) is 5.91 Å². The Bertz CT molecular complexity index is 694. The fourth-order valence-electron chi connectivity index (χ4n) is 2.25. The van der Waals surface area contributed by atoms with Crippen LogP contribution in [0, 0.1) is 0 Å². The smallest absolute Gasteiger partial charge is 0.305 e. The van der Waals surface area contributed by atoms with Crippen LogP contribution in [-0.2, 0) is 4.79 Å².